The van der Waals surface area contributed by atoms with Gasteiger partial charge in [-0.05, 0) is 30.3 Å². The number of benzene rings is 2. The summed E-state index contributed by atoms with van der Waals surface area (Å²) in [6, 6.07) is 14.5. The van der Waals surface area contributed by atoms with Crippen LogP contribution in [0.25, 0.3) is 0 Å². The van der Waals surface area contributed by atoms with E-state index in [1.807, 2.05) is 36.4 Å². The molecule has 1 heterocycles. The third-order valence-electron chi connectivity index (χ3n) is 4.53. The Labute approximate surface area is 152 Å². The van der Waals surface area contributed by atoms with Crippen LogP contribution in [0.1, 0.15) is 0 Å². The van der Waals surface area contributed by atoms with Gasteiger partial charge in [0.05, 0.1) is 12.0 Å². The Bertz CT molecular complexity index is 728. The Balaban J connectivity index is 1.46. The zero-order valence-corrected chi connectivity index (χ0v) is 14.8. The summed E-state index contributed by atoms with van der Waals surface area (Å²) in [6.45, 7) is 4.70. The van der Waals surface area contributed by atoms with Crippen LogP contribution >= 0.6 is 0 Å². The lowest BCUT2D eigenvalue weighted by Gasteiger charge is -2.35. The Hall–Kier alpha value is -2.80. The minimum atomic E-state index is -0.315. The second-order valence-corrected chi connectivity index (χ2v) is 6.10. The standard InChI is InChI=1S/C19H23N3O4/c1-25-16-6-8-17(9-7-16)26-15-14-20-10-12-21(13-11-20)18-4-2-3-5-19(18)22(23)24/h2-9H,10-15H2,1H3. The van der Waals surface area contributed by atoms with Crippen LogP contribution in [0.15, 0.2) is 48.5 Å². The maximum atomic E-state index is 11.2. The number of rotatable bonds is 7. The van der Waals surface area contributed by atoms with Gasteiger partial charge in [-0.25, -0.2) is 0 Å². The highest BCUT2D eigenvalue weighted by molar-refractivity contribution is 5.63. The number of hydrogen-bond acceptors (Lipinski definition) is 6. The maximum Gasteiger partial charge on any atom is 0.292 e. The molecule has 1 saturated heterocycles. The van der Waals surface area contributed by atoms with Crippen molar-refractivity contribution in [1.29, 1.82) is 0 Å². The van der Waals surface area contributed by atoms with Crippen LogP contribution in [0.4, 0.5) is 11.4 Å². The third-order valence-corrected chi connectivity index (χ3v) is 4.53. The Morgan fingerprint density at radius 2 is 1.65 bits per heavy atom. The normalized spacial score (nSPS) is 14.9. The van der Waals surface area contributed by atoms with E-state index in [0.717, 1.165) is 44.2 Å². The molecule has 0 bridgehead atoms. The van der Waals surface area contributed by atoms with E-state index in [2.05, 4.69) is 9.80 Å². The molecule has 1 aliphatic rings. The predicted molar refractivity (Wildman–Crippen MR) is 100 cm³/mol. The topological polar surface area (TPSA) is 68.1 Å². The first-order valence-electron chi connectivity index (χ1n) is 8.65. The fourth-order valence-electron chi connectivity index (χ4n) is 3.06. The molecule has 0 unspecified atom stereocenters. The molecular weight excluding hydrogens is 334 g/mol. The van der Waals surface area contributed by atoms with Gasteiger partial charge in [-0.1, -0.05) is 12.1 Å². The van der Waals surface area contributed by atoms with Crippen LogP contribution in [0, 0.1) is 10.1 Å². The predicted octanol–water partition coefficient (Wildman–Crippen LogP) is 2.80. The molecule has 7 nitrogen and oxygen atoms in total. The smallest absolute Gasteiger partial charge is 0.292 e. The van der Waals surface area contributed by atoms with Crippen molar-refractivity contribution in [2.75, 3.05) is 51.3 Å². The average Bonchev–Trinajstić information content (AvgIpc) is 2.69. The lowest BCUT2D eigenvalue weighted by molar-refractivity contribution is -0.384. The maximum absolute atomic E-state index is 11.2. The molecule has 2 aromatic rings. The van der Waals surface area contributed by atoms with Gasteiger partial charge in [-0.2, -0.15) is 0 Å². The molecule has 1 aliphatic heterocycles. The van der Waals surface area contributed by atoms with Crippen LogP contribution in [0.2, 0.25) is 0 Å². The van der Waals surface area contributed by atoms with Crippen LogP contribution in [-0.2, 0) is 0 Å². The lowest BCUT2D eigenvalue weighted by Crippen LogP contribution is -2.47. The Morgan fingerprint density at radius 1 is 1.00 bits per heavy atom. The number of nitro groups is 1. The van der Waals surface area contributed by atoms with Crippen molar-refractivity contribution in [2.45, 2.75) is 0 Å². The fourth-order valence-corrected chi connectivity index (χ4v) is 3.06. The van der Waals surface area contributed by atoms with Gasteiger partial charge in [0, 0.05) is 38.8 Å². The fraction of sp³-hybridized carbons (Fsp3) is 0.368. The van der Waals surface area contributed by atoms with E-state index in [-0.39, 0.29) is 10.6 Å². The molecule has 0 N–H and O–H groups in total. The number of ether oxygens (including phenoxy) is 2. The van der Waals surface area contributed by atoms with Gasteiger partial charge in [0.2, 0.25) is 0 Å². The highest BCUT2D eigenvalue weighted by Crippen LogP contribution is 2.28. The summed E-state index contributed by atoms with van der Waals surface area (Å²) in [4.78, 5) is 15.3. The first kappa shape index (κ1) is 18.0. The molecule has 0 amide bonds. The van der Waals surface area contributed by atoms with Crippen molar-refractivity contribution in [3.05, 3.63) is 58.6 Å². The number of hydrogen-bond donors (Lipinski definition) is 0. The number of anilines is 1. The van der Waals surface area contributed by atoms with Crippen LogP contribution < -0.4 is 14.4 Å². The monoisotopic (exact) mass is 357 g/mol. The van der Waals surface area contributed by atoms with Crippen molar-refractivity contribution in [2.24, 2.45) is 0 Å². The number of para-hydroxylation sites is 2. The van der Waals surface area contributed by atoms with E-state index in [4.69, 9.17) is 9.47 Å². The Kier molecular flexibility index (Phi) is 5.91. The molecular formula is C19H23N3O4. The molecule has 1 fully saturated rings. The molecule has 3 rings (SSSR count). The van der Waals surface area contributed by atoms with Gasteiger partial charge < -0.3 is 14.4 Å². The summed E-state index contributed by atoms with van der Waals surface area (Å²) in [6.07, 6.45) is 0. The zero-order valence-electron chi connectivity index (χ0n) is 14.8. The van der Waals surface area contributed by atoms with Crippen molar-refractivity contribution in [3.8, 4) is 11.5 Å². The molecule has 0 spiro atoms. The molecule has 0 aliphatic carbocycles. The quantitative estimate of drug-likeness (QED) is 0.561. The van der Waals surface area contributed by atoms with E-state index in [9.17, 15) is 10.1 Å². The average molecular weight is 357 g/mol. The van der Waals surface area contributed by atoms with Crippen molar-refractivity contribution in [1.82, 2.24) is 4.90 Å². The minimum Gasteiger partial charge on any atom is -0.497 e. The van der Waals surface area contributed by atoms with Gasteiger partial charge in [0.15, 0.2) is 0 Å². The van der Waals surface area contributed by atoms with Crippen molar-refractivity contribution >= 4 is 11.4 Å². The van der Waals surface area contributed by atoms with Gasteiger partial charge in [0.25, 0.3) is 5.69 Å². The summed E-state index contributed by atoms with van der Waals surface area (Å²) >= 11 is 0. The molecule has 0 radical (unpaired) electrons. The largest absolute Gasteiger partial charge is 0.497 e. The molecule has 0 aromatic heterocycles. The van der Waals surface area contributed by atoms with E-state index in [1.54, 1.807) is 19.2 Å². The lowest BCUT2D eigenvalue weighted by atomic mass is 10.2. The molecule has 2 aromatic carbocycles. The van der Waals surface area contributed by atoms with Crippen LogP contribution in [-0.4, -0.2) is 56.3 Å². The SMILES string of the molecule is COc1ccc(OCCN2CCN(c3ccccc3[N+](=O)[O-])CC2)cc1. The van der Waals surface area contributed by atoms with E-state index >= 15 is 0 Å². The van der Waals surface area contributed by atoms with Gasteiger partial charge in [0.1, 0.15) is 23.8 Å². The number of nitrogens with zero attached hydrogens (tertiary/aromatic N) is 3. The van der Waals surface area contributed by atoms with E-state index in [0.29, 0.717) is 12.3 Å². The molecule has 7 heteroatoms. The van der Waals surface area contributed by atoms with Gasteiger partial charge in [-0.15, -0.1) is 0 Å². The van der Waals surface area contributed by atoms with Crippen molar-refractivity contribution in [3.63, 3.8) is 0 Å². The highest BCUT2D eigenvalue weighted by atomic mass is 16.6. The third kappa shape index (κ3) is 4.43. The van der Waals surface area contributed by atoms with Gasteiger partial charge in [-0.3, -0.25) is 15.0 Å². The summed E-state index contributed by atoms with van der Waals surface area (Å²) in [5.74, 6) is 1.63. The first-order chi connectivity index (χ1) is 12.7. The summed E-state index contributed by atoms with van der Waals surface area (Å²) in [5.41, 5.74) is 0.871. The summed E-state index contributed by atoms with van der Waals surface area (Å²) < 4.78 is 10.9. The van der Waals surface area contributed by atoms with Gasteiger partial charge >= 0.3 is 0 Å². The summed E-state index contributed by atoms with van der Waals surface area (Å²) in [7, 11) is 1.64. The van der Waals surface area contributed by atoms with Crippen LogP contribution in [0.5, 0.6) is 11.5 Å². The second kappa shape index (κ2) is 8.53. The number of methoxy groups -OCH3 is 1. The van der Waals surface area contributed by atoms with E-state index in [1.165, 1.54) is 0 Å². The molecule has 0 atom stereocenters. The zero-order chi connectivity index (χ0) is 18.4. The molecule has 26 heavy (non-hydrogen) atoms. The molecule has 138 valence electrons. The molecule has 0 saturated carbocycles. The first-order valence-corrected chi connectivity index (χ1v) is 8.65. The highest BCUT2D eigenvalue weighted by Gasteiger charge is 2.22. The number of piperazine rings is 1. The second-order valence-electron chi connectivity index (χ2n) is 6.10. The van der Waals surface area contributed by atoms with Crippen molar-refractivity contribution < 1.29 is 14.4 Å². The van der Waals surface area contributed by atoms with Crippen LogP contribution in [0.3, 0.4) is 0 Å². The summed E-state index contributed by atoms with van der Waals surface area (Å²) in [5, 5.41) is 11.2. The minimum absolute atomic E-state index is 0.170. The number of nitro benzene ring substituents is 1. The Morgan fingerprint density at radius 3 is 2.31 bits per heavy atom. The van der Waals surface area contributed by atoms with E-state index < -0.39 is 0 Å².